The lowest BCUT2D eigenvalue weighted by Crippen LogP contribution is -2.15. The Bertz CT molecular complexity index is 1550. The van der Waals surface area contributed by atoms with Gasteiger partial charge in [-0.1, -0.05) is 11.6 Å². The lowest BCUT2D eigenvalue weighted by Gasteiger charge is -2.11. The number of rotatable bonds is 6. The van der Waals surface area contributed by atoms with E-state index < -0.39 is 26.8 Å². The van der Waals surface area contributed by atoms with Crippen molar-refractivity contribution in [2.45, 2.75) is 22.1 Å². The van der Waals surface area contributed by atoms with Crippen LogP contribution in [0.2, 0.25) is 5.02 Å². The Morgan fingerprint density at radius 2 is 1.77 bits per heavy atom. The number of sulfone groups is 1. The highest BCUT2D eigenvalue weighted by molar-refractivity contribution is 7.91. The summed E-state index contributed by atoms with van der Waals surface area (Å²) in [5.74, 6) is -0.633. The summed E-state index contributed by atoms with van der Waals surface area (Å²) in [6, 6.07) is 11.8. The van der Waals surface area contributed by atoms with E-state index in [2.05, 4.69) is 15.4 Å². The van der Waals surface area contributed by atoms with Gasteiger partial charge in [-0.15, -0.1) is 0 Å². The van der Waals surface area contributed by atoms with E-state index in [0.29, 0.717) is 5.02 Å². The Balaban J connectivity index is 1.71. The molecule has 0 saturated heterocycles. The number of hydrogen-bond acceptors (Lipinski definition) is 6. The Morgan fingerprint density at radius 1 is 1.09 bits per heavy atom. The molecule has 2 heterocycles. The summed E-state index contributed by atoms with van der Waals surface area (Å²) >= 11 is 11.0. The molecule has 0 fully saturated rings. The zero-order valence-corrected chi connectivity index (χ0v) is 20.4. The molecule has 13 heteroatoms. The zero-order valence-electron chi connectivity index (χ0n) is 18.1. The highest BCUT2D eigenvalue weighted by Crippen LogP contribution is 2.33. The summed E-state index contributed by atoms with van der Waals surface area (Å²) < 4.78 is 59.8. The van der Waals surface area contributed by atoms with Crippen molar-refractivity contribution in [1.82, 2.24) is 14.6 Å². The number of nitrogens with one attached hydrogen (secondary N) is 1. The molecule has 4 rings (SSSR count). The third kappa shape index (κ3) is 5.07. The van der Waals surface area contributed by atoms with Gasteiger partial charge >= 0.3 is 5.38 Å². The Hall–Kier alpha value is -3.28. The maximum absolute atomic E-state index is 13.8. The van der Waals surface area contributed by atoms with Gasteiger partial charge in [-0.3, -0.25) is 4.79 Å². The number of fused-ring (bicyclic) bond motifs is 1. The molecule has 1 amide bonds. The van der Waals surface area contributed by atoms with E-state index in [0.717, 1.165) is 10.6 Å². The van der Waals surface area contributed by atoms with Crippen molar-refractivity contribution >= 4 is 50.3 Å². The third-order valence-electron chi connectivity index (χ3n) is 4.89. The summed E-state index contributed by atoms with van der Waals surface area (Å²) in [6.45, 7) is 1.50. The maximum atomic E-state index is 13.8. The summed E-state index contributed by atoms with van der Waals surface area (Å²) in [6.07, 6.45) is 0. The zero-order chi connectivity index (χ0) is 25.5. The van der Waals surface area contributed by atoms with Crippen molar-refractivity contribution in [3.8, 4) is 5.75 Å². The Labute approximate surface area is 208 Å². The van der Waals surface area contributed by atoms with Crippen LogP contribution in [0.4, 0.5) is 14.5 Å². The highest BCUT2D eigenvalue weighted by Gasteiger charge is 2.33. The number of amides is 1. The Kier molecular flexibility index (Phi) is 6.43. The summed E-state index contributed by atoms with van der Waals surface area (Å²) in [7, 11) is -2.64. The predicted octanol–water partition coefficient (Wildman–Crippen LogP) is 5.07. The van der Waals surface area contributed by atoms with Crippen LogP contribution in [0, 0.1) is 6.92 Å². The fourth-order valence-electron chi connectivity index (χ4n) is 3.27. The molecule has 0 atom stereocenters. The number of halogens is 4. The van der Waals surface area contributed by atoms with E-state index in [-0.39, 0.29) is 38.3 Å². The summed E-state index contributed by atoms with van der Waals surface area (Å²) in [5.41, 5.74) is -0.578. The minimum atomic E-state index is -3.98. The number of carbonyl (C=O) groups excluding carboxylic acids is 1. The molecule has 0 aliphatic heterocycles. The second-order valence-electron chi connectivity index (χ2n) is 7.39. The largest absolute Gasteiger partial charge is 0.497 e. The first-order valence-electron chi connectivity index (χ1n) is 9.84. The summed E-state index contributed by atoms with van der Waals surface area (Å²) in [5, 5.41) is 3.04. The van der Waals surface area contributed by atoms with Crippen LogP contribution in [0.15, 0.2) is 64.4 Å². The molecule has 4 aromatic rings. The van der Waals surface area contributed by atoms with Crippen LogP contribution in [-0.2, 0) is 15.2 Å². The van der Waals surface area contributed by atoms with Crippen molar-refractivity contribution < 1.29 is 26.7 Å². The average Bonchev–Trinajstić information content (AvgIpc) is 3.22. The molecule has 2 aromatic heterocycles. The minimum Gasteiger partial charge on any atom is -0.497 e. The number of alkyl halides is 3. The van der Waals surface area contributed by atoms with Crippen LogP contribution in [0.25, 0.3) is 5.65 Å². The van der Waals surface area contributed by atoms with Crippen molar-refractivity contribution in [2.24, 2.45) is 0 Å². The molecule has 0 aliphatic rings. The first-order valence-corrected chi connectivity index (χ1v) is 12.1. The molecule has 0 spiro atoms. The van der Waals surface area contributed by atoms with Crippen molar-refractivity contribution in [2.75, 3.05) is 12.4 Å². The number of carbonyl (C=O) groups is 1. The van der Waals surface area contributed by atoms with Crippen LogP contribution < -0.4 is 10.1 Å². The number of benzene rings is 2. The highest BCUT2D eigenvalue weighted by atomic mass is 35.5. The standard InChI is InChI=1S/C22H16Cl2F2N4O4S/c1-12-7-19(22(24,25)26)30-20(27-12)11-18(29-30)21(31)28-14-8-15(34-2)10-17(9-14)35(32,33)16-5-3-13(23)4-6-16/h3-11H,1-2H3,(H,28,31). The topological polar surface area (TPSA) is 103 Å². The molecule has 0 unspecified atom stereocenters. The van der Waals surface area contributed by atoms with E-state index >= 15 is 0 Å². The van der Waals surface area contributed by atoms with Gasteiger partial charge < -0.3 is 10.1 Å². The lowest BCUT2D eigenvalue weighted by molar-refractivity contribution is 0.0868. The second kappa shape index (κ2) is 9.06. The number of nitrogens with zero attached hydrogens (tertiary/aromatic N) is 3. The van der Waals surface area contributed by atoms with Crippen LogP contribution in [0.5, 0.6) is 5.75 Å². The number of methoxy groups -OCH3 is 1. The van der Waals surface area contributed by atoms with Crippen LogP contribution in [-0.4, -0.2) is 36.0 Å². The number of ether oxygens (including phenoxy) is 1. The van der Waals surface area contributed by atoms with Gasteiger partial charge in [0.05, 0.1) is 16.9 Å². The van der Waals surface area contributed by atoms with Crippen LogP contribution >= 0.6 is 23.2 Å². The van der Waals surface area contributed by atoms with E-state index in [1.165, 1.54) is 62.6 Å². The van der Waals surface area contributed by atoms with Gasteiger partial charge in [0.15, 0.2) is 11.3 Å². The van der Waals surface area contributed by atoms with Gasteiger partial charge in [0, 0.05) is 28.5 Å². The molecule has 0 radical (unpaired) electrons. The smallest absolute Gasteiger partial charge is 0.364 e. The lowest BCUT2D eigenvalue weighted by atomic mass is 10.3. The normalized spacial score (nSPS) is 12.1. The van der Waals surface area contributed by atoms with Crippen LogP contribution in [0.3, 0.4) is 0 Å². The van der Waals surface area contributed by atoms with E-state index in [4.69, 9.17) is 27.9 Å². The number of hydrogen-bond donors (Lipinski definition) is 1. The molecule has 2 aromatic carbocycles. The van der Waals surface area contributed by atoms with Crippen molar-refractivity contribution in [1.29, 1.82) is 0 Å². The van der Waals surface area contributed by atoms with Gasteiger partial charge in [0.25, 0.3) is 5.91 Å². The monoisotopic (exact) mass is 540 g/mol. The third-order valence-corrected chi connectivity index (χ3v) is 7.08. The minimum absolute atomic E-state index is 0.0104. The second-order valence-corrected chi connectivity index (χ2v) is 10.2. The molecule has 1 N–H and O–H groups in total. The van der Waals surface area contributed by atoms with Gasteiger partial charge in [-0.05, 0) is 61.0 Å². The predicted molar refractivity (Wildman–Crippen MR) is 125 cm³/mol. The fourth-order valence-corrected chi connectivity index (χ4v) is 4.86. The quantitative estimate of drug-likeness (QED) is 0.342. The first-order chi connectivity index (χ1) is 16.4. The fraction of sp³-hybridized carbons (Fsp3) is 0.136. The molecular formula is C22H16Cl2F2N4O4S. The molecule has 182 valence electrons. The number of aromatic nitrogens is 3. The van der Waals surface area contributed by atoms with E-state index in [9.17, 15) is 22.0 Å². The molecule has 8 nitrogen and oxygen atoms in total. The van der Waals surface area contributed by atoms with Crippen molar-refractivity contribution in [3.05, 3.63) is 76.7 Å². The SMILES string of the molecule is COc1cc(NC(=O)c2cc3nc(C)cc(C(F)(F)Cl)n3n2)cc(S(=O)(=O)c2ccc(Cl)cc2)c1. The van der Waals surface area contributed by atoms with Gasteiger partial charge in [0.1, 0.15) is 11.4 Å². The van der Waals surface area contributed by atoms with Gasteiger partial charge in [0.2, 0.25) is 9.84 Å². The average molecular weight is 541 g/mol. The van der Waals surface area contributed by atoms with Gasteiger partial charge in [-0.2, -0.15) is 13.9 Å². The molecule has 35 heavy (non-hydrogen) atoms. The summed E-state index contributed by atoms with van der Waals surface area (Å²) in [4.78, 5) is 16.8. The van der Waals surface area contributed by atoms with Crippen LogP contribution in [0.1, 0.15) is 21.9 Å². The molecule has 0 bridgehead atoms. The van der Waals surface area contributed by atoms with E-state index in [1.807, 2.05) is 0 Å². The molecule has 0 saturated carbocycles. The first kappa shape index (κ1) is 24.8. The van der Waals surface area contributed by atoms with Crippen molar-refractivity contribution in [3.63, 3.8) is 0 Å². The maximum Gasteiger partial charge on any atom is 0.364 e. The molecular weight excluding hydrogens is 525 g/mol. The Morgan fingerprint density at radius 3 is 2.40 bits per heavy atom. The molecule has 0 aliphatic carbocycles. The number of anilines is 1. The van der Waals surface area contributed by atoms with Gasteiger partial charge in [-0.25, -0.2) is 17.9 Å². The number of aryl methyl sites for hydroxylation is 1. The van der Waals surface area contributed by atoms with E-state index in [1.54, 1.807) is 0 Å².